The van der Waals surface area contributed by atoms with E-state index < -0.39 is 23.7 Å². The van der Waals surface area contributed by atoms with Crippen LogP contribution in [0.25, 0.3) is 0 Å². The molecule has 25 heavy (non-hydrogen) atoms. The molecule has 0 heterocycles. The molecule has 2 N–H and O–H groups in total. The largest absolute Gasteiger partial charge is 0.514 e. The normalized spacial score (nSPS) is 10.8. The molecule has 0 radical (unpaired) electrons. The Bertz CT molecular complexity index is 662. The molecule has 0 saturated carbocycles. The third-order valence-corrected chi connectivity index (χ3v) is 2.73. The number of carbonyl (C=O) groups excluding carboxylic acids is 3. The Labute approximate surface area is 146 Å². The molecule has 1 aromatic carbocycles. The van der Waals surface area contributed by atoms with Gasteiger partial charge in [0.25, 0.3) is 0 Å². The third-order valence-electron chi connectivity index (χ3n) is 2.73. The van der Waals surface area contributed by atoms with Crippen LogP contribution in [-0.4, -0.2) is 36.9 Å². The summed E-state index contributed by atoms with van der Waals surface area (Å²) < 4.78 is 19.9. The standard InChI is InChI=1S/C17H23NO7/c1-6-22-14(19)10-8-11(15(20)23-7-2)13(18)12(9-10)24-16(21)25-17(3,4)5/h8-9H,6-7,18H2,1-5H3. The summed E-state index contributed by atoms with van der Waals surface area (Å²) in [6, 6.07) is 2.44. The van der Waals surface area contributed by atoms with Gasteiger partial charge in [0.15, 0.2) is 5.75 Å². The lowest BCUT2D eigenvalue weighted by molar-refractivity contribution is 0.0204. The van der Waals surface area contributed by atoms with Gasteiger partial charge in [0.1, 0.15) is 5.60 Å². The molecule has 8 nitrogen and oxygen atoms in total. The first kappa shape index (κ1) is 20.3. The van der Waals surface area contributed by atoms with Crippen LogP contribution in [0, 0.1) is 0 Å². The molecule has 0 atom stereocenters. The van der Waals surface area contributed by atoms with E-state index in [1.54, 1.807) is 34.6 Å². The Morgan fingerprint density at radius 1 is 1.00 bits per heavy atom. The molecule has 0 saturated heterocycles. The quantitative estimate of drug-likeness (QED) is 0.372. The summed E-state index contributed by atoms with van der Waals surface area (Å²) >= 11 is 0. The van der Waals surface area contributed by atoms with Crippen LogP contribution in [0.3, 0.4) is 0 Å². The van der Waals surface area contributed by atoms with Gasteiger partial charge in [-0.1, -0.05) is 0 Å². The summed E-state index contributed by atoms with van der Waals surface area (Å²) in [5.74, 6) is -1.63. The van der Waals surface area contributed by atoms with Gasteiger partial charge < -0.3 is 24.7 Å². The van der Waals surface area contributed by atoms with Gasteiger partial charge in [-0.15, -0.1) is 0 Å². The van der Waals surface area contributed by atoms with E-state index in [0.29, 0.717) is 0 Å². The molecule has 8 heteroatoms. The van der Waals surface area contributed by atoms with Crippen molar-refractivity contribution in [2.24, 2.45) is 0 Å². The van der Waals surface area contributed by atoms with E-state index in [9.17, 15) is 14.4 Å². The predicted octanol–water partition coefficient (Wildman–Crippen LogP) is 2.94. The second kappa shape index (κ2) is 8.36. The molecule has 0 aromatic heterocycles. The van der Waals surface area contributed by atoms with Crippen LogP contribution >= 0.6 is 0 Å². The Kier molecular flexibility index (Phi) is 6.78. The highest BCUT2D eigenvalue weighted by molar-refractivity contribution is 6.01. The van der Waals surface area contributed by atoms with Crippen LogP contribution in [0.1, 0.15) is 55.3 Å². The van der Waals surface area contributed by atoms with E-state index in [0.717, 1.165) is 0 Å². The number of hydrogen-bond donors (Lipinski definition) is 1. The number of carbonyl (C=O) groups is 3. The molecular formula is C17H23NO7. The number of rotatable bonds is 5. The number of esters is 2. The van der Waals surface area contributed by atoms with Gasteiger partial charge in [-0.3, -0.25) is 0 Å². The lowest BCUT2D eigenvalue weighted by Gasteiger charge is -2.19. The fourth-order valence-corrected chi connectivity index (χ4v) is 1.78. The number of ether oxygens (including phenoxy) is 4. The van der Waals surface area contributed by atoms with Gasteiger partial charge in [-0.2, -0.15) is 0 Å². The fourth-order valence-electron chi connectivity index (χ4n) is 1.78. The second-order valence-electron chi connectivity index (χ2n) is 5.94. The topological polar surface area (TPSA) is 114 Å². The highest BCUT2D eigenvalue weighted by atomic mass is 16.7. The molecule has 0 aliphatic rings. The first-order chi connectivity index (χ1) is 11.6. The van der Waals surface area contributed by atoms with Crippen molar-refractivity contribution in [2.45, 2.75) is 40.2 Å². The van der Waals surface area contributed by atoms with Gasteiger partial charge in [0, 0.05) is 0 Å². The summed E-state index contributed by atoms with van der Waals surface area (Å²) in [6.45, 7) is 8.51. The van der Waals surface area contributed by atoms with Crippen molar-refractivity contribution in [2.75, 3.05) is 18.9 Å². The zero-order chi connectivity index (χ0) is 19.2. The van der Waals surface area contributed by atoms with Crippen LogP contribution in [0.5, 0.6) is 5.75 Å². The zero-order valence-corrected chi connectivity index (χ0v) is 15.0. The number of anilines is 1. The first-order valence-corrected chi connectivity index (χ1v) is 7.77. The van der Waals surface area contributed by atoms with Gasteiger partial charge >= 0.3 is 18.1 Å². The maximum Gasteiger partial charge on any atom is 0.514 e. The van der Waals surface area contributed by atoms with Crippen molar-refractivity contribution < 1.29 is 33.3 Å². The van der Waals surface area contributed by atoms with Crippen molar-refractivity contribution in [1.29, 1.82) is 0 Å². The molecule has 1 aromatic rings. The van der Waals surface area contributed by atoms with E-state index in [4.69, 9.17) is 24.7 Å². The van der Waals surface area contributed by atoms with E-state index in [2.05, 4.69) is 0 Å². The molecule has 0 amide bonds. The van der Waals surface area contributed by atoms with Crippen LogP contribution in [-0.2, 0) is 14.2 Å². The van der Waals surface area contributed by atoms with Crippen molar-refractivity contribution in [3.8, 4) is 5.75 Å². The molecule has 138 valence electrons. The van der Waals surface area contributed by atoms with E-state index >= 15 is 0 Å². The highest BCUT2D eigenvalue weighted by Gasteiger charge is 2.24. The summed E-state index contributed by atoms with van der Waals surface area (Å²) in [5.41, 5.74) is 4.85. The molecule has 0 bridgehead atoms. The Morgan fingerprint density at radius 2 is 1.56 bits per heavy atom. The third kappa shape index (κ3) is 5.98. The maximum absolute atomic E-state index is 12.0. The van der Waals surface area contributed by atoms with Crippen LogP contribution in [0.15, 0.2) is 12.1 Å². The molecule has 0 unspecified atom stereocenters. The molecule has 0 aliphatic carbocycles. The summed E-state index contributed by atoms with van der Waals surface area (Å²) in [7, 11) is 0. The summed E-state index contributed by atoms with van der Waals surface area (Å²) in [6.07, 6.45) is -1.02. The Morgan fingerprint density at radius 3 is 2.08 bits per heavy atom. The molecule has 0 spiro atoms. The number of nitrogens with two attached hydrogens (primary N) is 1. The minimum absolute atomic E-state index is 0.00217. The molecule has 0 aliphatic heterocycles. The Balaban J connectivity index is 3.27. The predicted molar refractivity (Wildman–Crippen MR) is 89.6 cm³/mol. The highest BCUT2D eigenvalue weighted by Crippen LogP contribution is 2.29. The number of nitrogen functional groups attached to an aromatic ring is 1. The average molecular weight is 353 g/mol. The summed E-state index contributed by atoms with van der Waals surface area (Å²) in [4.78, 5) is 35.9. The molecular weight excluding hydrogens is 330 g/mol. The first-order valence-electron chi connectivity index (χ1n) is 7.77. The summed E-state index contributed by atoms with van der Waals surface area (Å²) in [5, 5.41) is 0. The maximum atomic E-state index is 12.0. The van der Waals surface area contributed by atoms with Crippen LogP contribution in [0.4, 0.5) is 10.5 Å². The van der Waals surface area contributed by atoms with Crippen molar-refractivity contribution in [3.63, 3.8) is 0 Å². The van der Waals surface area contributed by atoms with Gasteiger partial charge in [0.05, 0.1) is 30.0 Å². The molecule has 1 rings (SSSR count). The minimum atomic E-state index is -1.02. The van der Waals surface area contributed by atoms with E-state index in [1.165, 1.54) is 12.1 Å². The van der Waals surface area contributed by atoms with Gasteiger partial charge in [-0.25, -0.2) is 14.4 Å². The average Bonchev–Trinajstić information content (AvgIpc) is 2.47. The van der Waals surface area contributed by atoms with Crippen molar-refractivity contribution >= 4 is 23.8 Å². The zero-order valence-electron chi connectivity index (χ0n) is 15.0. The number of benzene rings is 1. The monoisotopic (exact) mass is 353 g/mol. The minimum Gasteiger partial charge on any atom is -0.462 e. The van der Waals surface area contributed by atoms with Gasteiger partial charge in [-0.05, 0) is 46.8 Å². The van der Waals surface area contributed by atoms with Crippen LogP contribution < -0.4 is 10.5 Å². The SMILES string of the molecule is CCOC(=O)c1cc(OC(=O)OC(C)(C)C)c(N)c(C(=O)OCC)c1. The number of hydrogen-bond acceptors (Lipinski definition) is 8. The Hall–Kier alpha value is -2.77. The van der Waals surface area contributed by atoms with E-state index in [1.807, 2.05) is 0 Å². The van der Waals surface area contributed by atoms with Crippen molar-refractivity contribution in [1.82, 2.24) is 0 Å². The lowest BCUT2D eigenvalue weighted by atomic mass is 10.1. The van der Waals surface area contributed by atoms with Gasteiger partial charge in [0.2, 0.25) is 0 Å². The molecule has 0 fully saturated rings. The fraction of sp³-hybridized carbons (Fsp3) is 0.471. The van der Waals surface area contributed by atoms with E-state index in [-0.39, 0.29) is 35.8 Å². The van der Waals surface area contributed by atoms with Crippen molar-refractivity contribution in [3.05, 3.63) is 23.3 Å². The van der Waals surface area contributed by atoms with Crippen LogP contribution in [0.2, 0.25) is 0 Å². The lowest BCUT2D eigenvalue weighted by Crippen LogP contribution is -2.26. The second-order valence-corrected chi connectivity index (χ2v) is 5.94. The smallest absolute Gasteiger partial charge is 0.462 e.